The number of nitrogens with zero attached hydrogens (tertiary/aromatic N) is 4. The Hall–Kier alpha value is -3.31. The van der Waals surface area contributed by atoms with Crippen LogP contribution in [0.15, 0.2) is 36.8 Å². The molecule has 1 aliphatic rings. The Balaban J connectivity index is 1.61. The van der Waals surface area contributed by atoms with Crippen molar-refractivity contribution in [1.29, 1.82) is 0 Å². The number of carbonyl (C=O) groups is 1. The number of hydrogen-bond acceptors (Lipinski definition) is 3. The first kappa shape index (κ1) is 19.0. The molecule has 0 saturated carbocycles. The molecule has 3 aromatic rings. The van der Waals surface area contributed by atoms with E-state index in [2.05, 4.69) is 15.3 Å². The first-order valence-corrected chi connectivity index (χ1v) is 8.17. The van der Waals surface area contributed by atoms with Crippen molar-refractivity contribution < 1.29 is 31.1 Å². The van der Waals surface area contributed by atoms with Crippen LogP contribution in [0.3, 0.4) is 0 Å². The first-order chi connectivity index (χ1) is 13.5. The second kappa shape index (κ2) is 6.36. The van der Waals surface area contributed by atoms with Gasteiger partial charge in [0.1, 0.15) is 5.82 Å². The molecule has 3 heterocycles. The zero-order valence-electron chi connectivity index (χ0n) is 14.3. The van der Waals surface area contributed by atoms with Crippen molar-refractivity contribution in [3.05, 3.63) is 48.2 Å². The lowest BCUT2D eigenvalue weighted by molar-refractivity contribution is -0.138. The van der Waals surface area contributed by atoms with E-state index in [4.69, 9.17) is 0 Å². The molecule has 1 N–H and O–H groups in total. The Labute approximate surface area is 158 Å². The minimum atomic E-state index is -4.60. The highest BCUT2D eigenvalue weighted by molar-refractivity contribution is 5.90. The summed E-state index contributed by atoms with van der Waals surface area (Å²) in [5.41, 5.74) is -0.999. The van der Waals surface area contributed by atoms with Crippen LogP contribution in [-0.2, 0) is 6.18 Å². The summed E-state index contributed by atoms with van der Waals surface area (Å²) in [4.78, 5) is 20.4. The van der Waals surface area contributed by atoms with Crippen LogP contribution < -0.4 is 5.32 Å². The van der Waals surface area contributed by atoms with Crippen molar-refractivity contribution in [3.8, 4) is 11.3 Å². The maximum atomic E-state index is 14.3. The molecule has 0 bridgehead atoms. The zero-order chi connectivity index (χ0) is 21.0. The molecule has 1 aromatic carbocycles. The van der Waals surface area contributed by atoms with Gasteiger partial charge in [-0.25, -0.2) is 27.9 Å². The van der Waals surface area contributed by atoms with Crippen molar-refractivity contribution in [2.24, 2.45) is 0 Å². The molecule has 0 radical (unpaired) electrons. The molecule has 0 aliphatic carbocycles. The maximum Gasteiger partial charge on any atom is 0.419 e. The van der Waals surface area contributed by atoms with Gasteiger partial charge >= 0.3 is 12.2 Å². The van der Waals surface area contributed by atoms with Gasteiger partial charge in [-0.05, 0) is 18.2 Å². The smallest absolute Gasteiger partial charge is 0.312 e. The Morgan fingerprint density at radius 3 is 2.55 bits per heavy atom. The minimum Gasteiger partial charge on any atom is -0.312 e. The summed E-state index contributed by atoms with van der Waals surface area (Å²) in [6.45, 7) is -1.43. The lowest BCUT2D eigenvalue weighted by Gasteiger charge is -2.38. The highest BCUT2D eigenvalue weighted by atomic mass is 19.4. The standard InChI is InChI=1S/C17H11F6N5O/c18-12-2-1-10(25-15(29)28-7-16(19,20)8-28)3-11(12)13-6-27-5-9(17(21,22)23)4-24-14(27)26-13/h1-6H,7-8H2,(H,25,29). The molecule has 2 aromatic heterocycles. The maximum absolute atomic E-state index is 14.3. The number of nitrogens with one attached hydrogen (secondary N) is 1. The van der Waals surface area contributed by atoms with E-state index in [1.807, 2.05) is 0 Å². The lowest BCUT2D eigenvalue weighted by Crippen LogP contribution is -2.59. The van der Waals surface area contributed by atoms with Crippen LogP contribution in [-0.4, -0.2) is 44.3 Å². The number of rotatable bonds is 2. The van der Waals surface area contributed by atoms with Crippen molar-refractivity contribution in [2.75, 3.05) is 18.4 Å². The molecule has 2 amide bonds. The molecule has 12 heteroatoms. The largest absolute Gasteiger partial charge is 0.419 e. The fourth-order valence-electron chi connectivity index (χ4n) is 2.82. The lowest BCUT2D eigenvalue weighted by atomic mass is 10.1. The van der Waals surface area contributed by atoms with Gasteiger partial charge in [-0.1, -0.05) is 0 Å². The molecule has 1 fully saturated rings. The van der Waals surface area contributed by atoms with Crippen molar-refractivity contribution in [1.82, 2.24) is 19.3 Å². The SMILES string of the molecule is O=C(Nc1ccc(F)c(-c2cn3cc(C(F)(F)F)cnc3n2)c1)N1CC(F)(F)C1. The van der Waals surface area contributed by atoms with E-state index in [1.165, 1.54) is 12.1 Å². The van der Waals surface area contributed by atoms with Crippen LogP contribution >= 0.6 is 0 Å². The number of benzene rings is 1. The molecular weight excluding hydrogens is 404 g/mol. The van der Waals surface area contributed by atoms with E-state index >= 15 is 0 Å². The van der Waals surface area contributed by atoms with Crippen molar-refractivity contribution in [2.45, 2.75) is 12.1 Å². The van der Waals surface area contributed by atoms with E-state index in [-0.39, 0.29) is 22.7 Å². The molecule has 6 nitrogen and oxygen atoms in total. The number of fused-ring (bicyclic) bond motifs is 1. The number of aromatic nitrogens is 3. The van der Waals surface area contributed by atoms with Gasteiger partial charge in [-0.2, -0.15) is 13.2 Å². The quantitative estimate of drug-likeness (QED) is 0.643. The highest BCUT2D eigenvalue weighted by Gasteiger charge is 2.46. The highest BCUT2D eigenvalue weighted by Crippen LogP contribution is 2.31. The molecule has 29 heavy (non-hydrogen) atoms. The van der Waals surface area contributed by atoms with Crippen LogP contribution in [0.5, 0.6) is 0 Å². The Kier molecular flexibility index (Phi) is 4.17. The average molecular weight is 415 g/mol. The molecule has 152 valence electrons. The molecule has 0 atom stereocenters. The number of likely N-dealkylation sites (tertiary alicyclic amines) is 1. The fraction of sp³-hybridized carbons (Fsp3) is 0.235. The number of carbonyl (C=O) groups excluding carboxylic acids is 1. The zero-order valence-corrected chi connectivity index (χ0v) is 14.3. The van der Waals surface area contributed by atoms with Gasteiger partial charge in [-0.15, -0.1) is 0 Å². The second-order valence-corrected chi connectivity index (χ2v) is 6.51. The number of hydrogen-bond donors (Lipinski definition) is 1. The predicted octanol–water partition coefficient (Wildman–Crippen LogP) is 4.04. The molecular formula is C17H11F6N5O. The van der Waals surface area contributed by atoms with Crippen LogP contribution in [0.25, 0.3) is 17.0 Å². The first-order valence-electron chi connectivity index (χ1n) is 8.17. The van der Waals surface area contributed by atoms with Crippen molar-refractivity contribution >= 4 is 17.5 Å². The average Bonchev–Trinajstić information content (AvgIpc) is 3.03. The number of urea groups is 1. The third-order valence-corrected chi connectivity index (χ3v) is 4.26. The number of amides is 2. The number of alkyl halides is 5. The molecule has 1 aliphatic heterocycles. The van der Waals surface area contributed by atoms with E-state index in [1.54, 1.807) is 0 Å². The summed E-state index contributed by atoms with van der Waals surface area (Å²) in [6, 6.07) is 2.68. The molecule has 0 spiro atoms. The van der Waals surface area contributed by atoms with Gasteiger partial charge in [0.15, 0.2) is 0 Å². The van der Waals surface area contributed by atoms with E-state index < -0.39 is 42.6 Å². The summed E-state index contributed by atoms with van der Waals surface area (Å²) < 4.78 is 79.4. The van der Waals surface area contributed by atoms with Gasteiger partial charge in [0.25, 0.3) is 5.92 Å². The molecule has 4 rings (SSSR count). The number of anilines is 1. The van der Waals surface area contributed by atoms with E-state index in [0.29, 0.717) is 6.20 Å². The van der Waals surface area contributed by atoms with Crippen molar-refractivity contribution in [3.63, 3.8) is 0 Å². The monoisotopic (exact) mass is 415 g/mol. The van der Waals surface area contributed by atoms with E-state index in [0.717, 1.165) is 27.8 Å². The Bertz CT molecular complexity index is 1100. The van der Waals surface area contributed by atoms with E-state index in [9.17, 15) is 31.1 Å². The van der Waals surface area contributed by atoms with Crippen LogP contribution in [0.1, 0.15) is 5.56 Å². The van der Waals surface area contributed by atoms with Gasteiger partial charge in [0.2, 0.25) is 5.78 Å². The third kappa shape index (κ3) is 3.69. The number of imidazole rings is 1. The fourth-order valence-corrected chi connectivity index (χ4v) is 2.82. The van der Waals surface area contributed by atoms with Crippen LogP contribution in [0, 0.1) is 5.82 Å². The summed E-state index contributed by atoms with van der Waals surface area (Å²) in [6.07, 6.45) is -2.05. The van der Waals surface area contributed by atoms with Gasteiger partial charge in [-0.3, -0.25) is 4.40 Å². The summed E-state index contributed by atoms with van der Waals surface area (Å²) >= 11 is 0. The van der Waals surface area contributed by atoms with Gasteiger partial charge in [0, 0.05) is 29.8 Å². The third-order valence-electron chi connectivity index (χ3n) is 4.26. The second-order valence-electron chi connectivity index (χ2n) is 6.51. The van der Waals surface area contributed by atoms with Crippen LogP contribution in [0.4, 0.5) is 36.8 Å². The minimum absolute atomic E-state index is 0.0130. The summed E-state index contributed by atoms with van der Waals surface area (Å²) in [5.74, 6) is -3.74. The molecule has 0 unspecified atom stereocenters. The summed E-state index contributed by atoms with van der Waals surface area (Å²) in [7, 11) is 0. The van der Waals surface area contributed by atoms with Gasteiger partial charge in [0.05, 0.1) is 24.3 Å². The van der Waals surface area contributed by atoms with Gasteiger partial charge < -0.3 is 10.2 Å². The summed E-state index contributed by atoms with van der Waals surface area (Å²) in [5, 5.41) is 2.37. The Morgan fingerprint density at radius 1 is 1.17 bits per heavy atom. The normalized spacial score (nSPS) is 16.0. The molecule has 1 saturated heterocycles. The Morgan fingerprint density at radius 2 is 1.90 bits per heavy atom. The van der Waals surface area contributed by atoms with Crippen LogP contribution in [0.2, 0.25) is 0 Å². The topological polar surface area (TPSA) is 62.5 Å². The number of halogens is 6. The predicted molar refractivity (Wildman–Crippen MR) is 88.9 cm³/mol.